The van der Waals surface area contributed by atoms with Crippen LogP contribution < -0.4 is 4.74 Å². The zero-order valence-corrected chi connectivity index (χ0v) is 13.8. The number of ether oxygens (including phenoxy) is 1. The van der Waals surface area contributed by atoms with Crippen LogP contribution in [0.1, 0.15) is 45.2 Å². The first-order chi connectivity index (χ1) is 11.0. The normalized spacial score (nSPS) is 17.8. The Bertz CT molecular complexity index is 618. The molecule has 5 heteroatoms. The first-order valence-electron chi connectivity index (χ1n) is 8.05. The van der Waals surface area contributed by atoms with E-state index in [2.05, 4.69) is 0 Å². The van der Waals surface area contributed by atoms with Crippen molar-refractivity contribution in [3.8, 4) is 5.75 Å². The third-order valence-corrected chi connectivity index (χ3v) is 3.90. The Hall–Kier alpha value is -2.30. The van der Waals surface area contributed by atoms with E-state index in [1.165, 1.54) is 0 Å². The van der Waals surface area contributed by atoms with Gasteiger partial charge < -0.3 is 14.7 Å². The lowest BCUT2D eigenvalue weighted by Crippen LogP contribution is -2.31. The molecule has 1 amide bonds. The molecular weight excluding hydrogens is 294 g/mol. The number of rotatable bonds is 7. The highest BCUT2D eigenvalue weighted by Gasteiger charge is 2.42. The number of hydrogen-bond donors (Lipinski definition) is 1. The molecule has 1 aromatic carbocycles. The summed E-state index contributed by atoms with van der Waals surface area (Å²) in [6.07, 6.45) is 1.00. The Labute approximate surface area is 136 Å². The van der Waals surface area contributed by atoms with Gasteiger partial charge in [-0.25, -0.2) is 0 Å². The highest BCUT2D eigenvalue weighted by atomic mass is 16.5. The summed E-state index contributed by atoms with van der Waals surface area (Å²) in [6, 6.07) is 6.79. The number of carbonyl (C=O) groups excluding carboxylic acids is 2. The quantitative estimate of drug-likeness (QED) is 0.839. The topological polar surface area (TPSA) is 66.8 Å². The van der Waals surface area contributed by atoms with Crippen molar-refractivity contribution < 1.29 is 19.4 Å². The number of Topliss-reactive ketones (excluding diaryl/α,β-unsaturated/α-hetero) is 1. The van der Waals surface area contributed by atoms with Gasteiger partial charge in [0.2, 0.25) is 0 Å². The van der Waals surface area contributed by atoms with Crippen LogP contribution >= 0.6 is 0 Å². The average molecular weight is 317 g/mol. The van der Waals surface area contributed by atoms with Crippen molar-refractivity contribution in [2.24, 2.45) is 0 Å². The zero-order valence-electron chi connectivity index (χ0n) is 13.8. The standard InChI is InChI=1S/C18H23NO4/c1-4-11-19-16(12-7-9-13(10-8-12)23-6-3)15(14(20)5-2)17(21)18(19)22/h7-10,16,21H,4-6,11H2,1-3H3. The van der Waals surface area contributed by atoms with Crippen molar-refractivity contribution >= 4 is 11.7 Å². The number of aliphatic hydroxyl groups is 1. The van der Waals surface area contributed by atoms with Gasteiger partial charge in [-0.2, -0.15) is 0 Å². The third kappa shape index (κ3) is 3.23. The summed E-state index contributed by atoms with van der Waals surface area (Å²) < 4.78 is 5.43. The number of carbonyl (C=O) groups is 2. The molecule has 0 saturated heterocycles. The highest BCUT2D eigenvalue weighted by Crippen LogP contribution is 2.38. The minimum absolute atomic E-state index is 0.201. The van der Waals surface area contributed by atoms with E-state index >= 15 is 0 Å². The van der Waals surface area contributed by atoms with E-state index < -0.39 is 17.7 Å². The van der Waals surface area contributed by atoms with Gasteiger partial charge in [-0.05, 0) is 31.0 Å². The first kappa shape index (κ1) is 17.1. The molecule has 1 aliphatic heterocycles. The van der Waals surface area contributed by atoms with Crippen molar-refractivity contribution in [1.29, 1.82) is 0 Å². The molecule has 0 aromatic heterocycles. The molecule has 1 N–H and O–H groups in total. The summed E-state index contributed by atoms with van der Waals surface area (Å²) in [6.45, 7) is 6.65. The fraction of sp³-hybridized carbons (Fsp3) is 0.444. The molecule has 0 aliphatic carbocycles. The lowest BCUT2D eigenvalue weighted by Gasteiger charge is -2.26. The Kier molecular flexibility index (Phi) is 5.42. The second-order valence-corrected chi connectivity index (χ2v) is 5.44. The summed E-state index contributed by atoms with van der Waals surface area (Å²) in [5.74, 6) is -0.348. The van der Waals surface area contributed by atoms with Crippen LogP contribution in [0.15, 0.2) is 35.6 Å². The van der Waals surface area contributed by atoms with Crippen molar-refractivity contribution in [2.75, 3.05) is 13.2 Å². The number of nitrogens with zero attached hydrogens (tertiary/aromatic N) is 1. The molecule has 0 spiro atoms. The van der Waals surface area contributed by atoms with Crippen LogP contribution in [0, 0.1) is 0 Å². The van der Waals surface area contributed by atoms with Gasteiger partial charge >= 0.3 is 0 Å². The van der Waals surface area contributed by atoms with E-state index in [1.54, 1.807) is 11.8 Å². The van der Waals surface area contributed by atoms with Gasteiger partial charge in [-0.15, -0.1) is 0 Å². The molecule has 1 aliphatic rings. The minimum atomic E-state index is -0.523. The van der Waals surface area contributed by atoms with Crippen LogP contribution in [-0.2, 0) is 9.59 Å². The van der Waals surface area contributed by atoms with Gasteiger partial charge in [0.05, 0.1) is 18.2 Å². The van der Waals surface area contributed by atoms with E-state index in [0.717, 1.165) is 17.7 Å². The van der Waals surface area contributed by atoms with Gasteiger partial charge in [0.25, 0.3) is 5.91 Å². The van der Waals surface area contributed by atoms with Crippen molar-refractivity contribution in [2.45, 2.75) is 39.7 Å². The lowest BCUT2D eigenvalue weighted by atomic mass is 9.95. The molecule has 1 heterocycles. The summed E-state index contributed by atoms with van der Waals surface area (Å²) >= 11 is 0. The Morgan fingerprint density at radius 3 is 2.39 bits per heavy atom. The van der Waals surface area contributed by atoms with Gasteiger partial charge in [-0.1, -0.05) is 26.0 Å². The Balaban J connectivity index is 2.44. The van der Waals surface area contributed by atoms with E-state index in [-0.39, 0.29) is 17.8 Å². The van der Waals surface area contributed by atoms with E-state index in [1.807, 2.05) is 38.1 Å². The first-order valence-corrected chi connectivity index (χ1v) is 8.05. The summed E-state index contributed by atoms with van der Waals surface area (Å²) in [5, 5.41) is 10.2. The molecule has 0 saturated carbocycles. The minimum Gasteiger partial charge on any atom is -0.503 e. The fourth-order valence-electron chi connectivity index (χ4n) is 2.86. The van der Waals surface area contributed by atoms with Crippen molar-refractivity contribution in [3.63, 3.8) is 0 Å². The number of amides is 1. The molecular formula is C18H23NO4. The van der Waals surface area contributed by atoms with Crippen LogP contribution in [0.25, 0.3) is 0 Å². The van der Waals surface area contributed by atoms with Crippen molar-refractivity contribution in [1.82, 2.24) is 4.90 Å². The summed E-state index contributed by atoms with van der Waals surface area (Å²) in [7, 11) is 0. The van der Waals surface area contributed by atoms with Crippen LogP contribution in [0.2, 0.25) is 0 Å². The van der Waals surface area contributed by atoms with Crippen molar-refractivity contribution in [3.05, 3.63) is 41.2 Å². The molecule has 1 aromatic rings. The van der Waals surface area contributed by atoms with Crippen LogP contribution in [0.4, 0.5) is 0 Å². The van der Waals surface area contributed by atoms with E-state index in [9.17, 15) is 14.7 Å². The maximum atomic E-state index is 12.3. The second kappa shape index (κ2) is 7.31. The molecule has 1 unspecified atom stereocenters. The zero-order chi connectivity index (χ0) is 17.0. The monoisotopic (exact) mass is 317 g/mol. The van der Waals surface area contributed by atoms with Gasteiger partial charge in [0, 0.05) is 13.0 Å². The predicted molar refractivity (Wildman–Crippen MR) is 87.3 cm³/mol. The second-order valence-electron chi connectivity index (χ2n) is 5.44. The van der Waals surface area contributed by atoms with Crippen LogP contribution in [-0.4, -0.2) is 34.8 Å². The largest absolute Gasteiger partial charge is 0.503 e. The lowest BCUT2D eigenvalue weighted by molar-refractivity contribution is -0.129. The summed E-state index contributed by atoms with van der Waals surface area (Å²) in [5.41, 5.74) is 1.01. The molecule has 0 fully saturated rings. The molecule has 0 radical (unpaired) electrons. The average Bonchev–Trinajstić information content (AvgIpc) is 2.80. The van der Waals surface area contributed by atoms with Gasteiger partial charge in [0.15, 0.2) is 11.5 Å². The molecule has 2 rings (SSSR count). The van der Waals surface area contributed by atoms with Gasteiger partial charge in [0.1, 0.15) is 5.75 Å². The SMILES string of the molecule is CCCN1C(=O)C(O)=C(C(=O)CC)C1c1ccc(OCC)cc1. The predicted octanol–water partition coefficient (Wildman–Crippen LogP) is 3.17. The highest BCUT2D eigenvalue weighted by molar-refractivity contribution is 6.08. The number of benzene rings is 1. The number of ketones is 1. The van der Waals surface area contributed by atoms with E-state index in [4.69, 9.17) is 4.74 Å². The number of hydrogen-bond acceptors (Lipinski definition) is 4. The van der Waals surface area contributed by atoms with E-state index in [0.29, 0.717) is 13.2 Å². The van der Waals surface area contributed by atoms with Crippen LogP contribution in [0.3, 0.4) is 0 Å². The molecule has 0 bridgehead atoms. The number of aliphatic hydroxyl groups excluding tert-OH is 1. The summed E-state index contributed by atoms with van der Waals surface area (Å²) in [4.78, 5) is 26.1. The molecule has 23 heavy (non-hydrogen) atoms. The molecule has 124 valence electrons. The van der Waals surface area contributed by atoms with Crippen LogP contribution in [0.5, 0.6) is 5.75 Å². The smallest absolute Gasteiger partial charge is 0.290 e. The molecule has 1 atom stereocenters. The maximum absolute atomic E-state index is 12.3. The Morgan fingerprint density at radius 1 is 1.22 bits per heavy atom. The van der Waals surface area contributed by atoms with Gasteiger partial charge in [-0.3, -0.25) is 9.59 Å². The maximum Gasteiger partial charge on any atom is 0.290 e. The molecule has 5 nitrogen and oxygen atoms in total. The third-order valence-electron chi connectivity index (χ3n) is 3.90. The fourth-order valence-corrected chi connectivity index (χ4v) is 2.86. The Morgan fingerprint density at radius 2 is 1.87 bits per heavy atom.